The molecule has 1 aromatic rings. The number of halogens is 2. The third-order valence-corrected chi connectivity index (χ3v) is 4.85. The summed E-state index contributed by atoms with van der Waals surface area (Å²) in [7, 11) is 0. The second kappa shape index (κ2) is 7.07. The van der Waals surface area contributed by atoms with Crippen molar-refractivity contribution in [1.29, 1.82) is 0 Å². The van der Waals surface area contributed by atoms with Gasteiger partial charge in [-0.05, 0) is 31.9 Å². The Hall–Kier alpha value is -2.02. The zero-order chi connectivity index (χ0) is 18.0. The van der Waals surface area contributed by atoms with E-state index in [9.17, 15) is 18.4 Å². The molecule has 0 spiro atoms. The Balaban J connectivity index is 1.48. The van der Waals surface area contributed by atoms with E-state index in [4.69, 9.17) is 0 Å². The highest BCUT2D eigenvalue weighted by molar-refractivity contribution is 5.94. The number of carbonyl (C=O) groups is 2. The number of amides is 2. The first-order chi connectivity index (χ1) is 11.8. The Bertz CT molecular complexity index is 640. The quantitative estimate of drug-likeness (QED) is 0.872. The molecule has 2 heterocycles. The average molecular weight is 351 g/mol. The molecule has 2 fully saturated rings. The molecule has 2 aliphatic rings. The fourth-order valence-electron chi connectivity index (χ4n) is 3.31. The molecule has 0 saturated carbocycles. The van der Waals surface area contributed by atoms with Crippen LogP contribution in [0.5, 0.6) is 0 Å². The fourth-order valence-corrected chi connectivity index (χ4v) is 3.31. The Morgan fingerprint density at radius 3 is 2.40 bits per heavy atom. The summed E-state index contributed by atoms with van der Waals surface area (Å²) in [6, 6.07) is 6.54. The topological polar surface area (TPSA) is 61.4 Å². The normalized spacial score (nSPS) is 23.5. The van der Waals surface area contributed by atoms with E-state index in [2.05, 4.69) is 10.6 Å². The molecule has 7 heteroatoms. The lowest BCUT2D eigenvalue weighted by molar-refractivity contribution is -0.124. The molecule has 136 valence electrons. The summed E-state index contributed by atoms with van der Waals surface area (Å²) in [5, 5.41) is 5.40. The molecular weight excluding hydrogens is 328 g/mol. The number of aryl methyl sites for hydroxylation is 1. The van der Waals surface area contributed by atoms with E-state index >= 15 is 0 Å². The van der Waals surface area contributed by atoms with E-state index in [1.807, 2.05) is 31.2 Å². The largest absolute Gasteiger partial charge is 0.352 e. The van der Waals surface area contributed by atoms with Gasteiger partial charge in [0.25, 0.3) is 11.8 Å². The van der Waals surface area contributed by atoms with Gasteiger partial charge in [-0.3, -0.25) is 14.9 Å². The molecule has 0 bridgehead atoms. The predicted molar refractivity (Wildman–Crippen MR) is 89.6 cm³/mol. The van der Waals surface area contributed by atoms with Gasteiger partial charge < -0.3 is 10.2 Å². The van der Waals surface area contributed by atoms with Crippen molar-refractivity contribution < 1.29 is 18.4 Å². The second-order valence-corrected chi connectivity index (χ2v) is 6.93. The third-order valence-electron chi connectivity index (χ3n) is 4.85. The first kappa shape index (κ1) is 17.8. The standard InChI is InChI=1S/C18H23F2N3O2/c1-12-2-4-13(5-3-12)17(25)23-8-6-14(7-9-23)22-16(24)15-10-18(19,20)11-21-15/h2-5,14-15,21H,6-11H2,1H3,(H,22,24). The molecular formula is C18H23F2N3O2. The highest BCUT2D eigenvalue weighted by Gasteiger charge is 2.42. The van der Waals surface area contributed by atoms with Crippen LogP contribution in [0.4, 0.5) is 8.78 Å². The molecule has 1 aromatic carbocycles. The average Bonchev–Trinajstić information content (AvgIpc) is 2.96. The van der Waals surface area contributed by atoms with Gasteiger partial charge in [0.1, 0.15) is 0 Å². The van der Waals surface area contributed by atoms with Gasteiger partial charge in [0.05, 0.1) is 12.6 Å². The zero-order valence-electron chi connectivity index (χ0n) is 14.2. The molecule has 25 heavy (non-hydrogen) atoms. The molecule has 1 atom stereocenters. The number of carbonyl (C=O) groups excluding carboxylic acids is 2. The number of nitrogens with zero attached hydrogens (tertiary/aromatic N) is 1. The van der Waals surface area contributed by atoms with E-state index < -0.39 is 24.9 Å². The maximum Gasteiger partial charge on any atom is 0.262 e. The van der Waals surface area contributed by atoms with Gasteiger partial charge >= 0.3 is 0 Å². The van der Waals surface area contributed by atoms with Gasteiger partial charge in [-0.25, -0.2) is 8.78 Å². The van der Waals surface area contributed by atoms with Crippen LogP contribution in [0.2, 0.25) is 0 Å². The van der Waals surface area contributed by atoms with Gasteiger partial charge in [-0.2, -0.15) is 0 Å². The first-order valence-corrected chi connectivity index (χ1v) is 8.62. The molecule has 0 aromatic heterocycles. The minimum Gasteiger partial charge on any atom is -0.352 e. The highest BCUT2D eigenvalue weighted by atomic mass is 19.3. The lowest BCUT2D eigenvalue weighted by Crippen LogP contribution is -2.50. The van der Waals surface area contributed by atoms with Crippen molar-refractivity contribution in [2.75, 3.05) is 19.6 Å². The Morgan fingerprint density at radius 2 is 1.84 bits per heavy atom. The molecule has 0 radical (unpaired) electrons. The van der Waals surface area contributed by atoms with Gasteiger partial charge in [0.15, 0.2) is 0 Å². The van der Waals surface area contributed by atoms with Crippen LogP contribution in [0.1, 0.15) is 35.2 Å². The lowest BCUT2D eigenvalue weighted by Gasteiger charge is -2.33. The molecule has 5 nitrogen and oxygen atoms in total. The number of alkyl halides is 2. The van der Waals surface area contributed by atoms with Crippen LogP contribution in [-0.4, -0.2) is 54.4 Å². The van der Waals surface area contributed by atoms with Crippen molar-refractivity contribution in [2.24, 2.45) is 0 Å². The van der Waals surface area contributed by atoms with Crippen LogP contribution >= 0.6 is 0 Å². The minimum atomic E-state index is -2.81. The summed E-state index contributed by atoms with van der Waals surface area (Å²) in [4.78, 5) is 26.3. The fraction of sp³-hybridized carbons (Fsp3) is 0.556. The van der Waals surface area contributed by atoms with E-state index in [0.29, 0.717) is 31.5 Å². The van der Waals surface area contributed by atoms with Crippen molar-refractivity contribution in [1.82, 2.24) is 15.5 Å². The van der Waals surface area contributed by atoms with E-state index in [1.54, 1.807) is 4.90 Å². The summed E-state index contributed by atoms with van der Waals surface area (Å²) < 4.78 is 26.3. The molecule has 0 aliphatic carbocycles. The van der Waals surface area contributed by atoms with Crippen LogP contribution in [0.15, 0.2) is 24.3 Å². The van der Waals surface area contributed by atoms with Crippen LogP contribution in [-0.2, 0) is 4.79 Å². The van der Waals surface area contributed by atoms with Crippen LogP contribution in [0.3, 0.4) is 0 Å². The molecule has 3 rings (SSSR count). The van der Waals surface area contributed by atoms with Crippen molar-refractivity contribution >= 4 is 11.8 Å². The monoisotopic (exact) mass is 351 g/mol. The predicted octanol–water partition coefficient (Wildman–Crippen LogP) is 1.71. The maximum absolute atomic E-state index is 13.2. The van der Waals surface area contributed by atoms with Gasteiger partial charge in [0.2, 0.25) is 5.91 Å². The number of hydrogen-bond donors (Lipinski definition) is 2. The summed E-state index contributed by atoms with van der Waals surface area (Å²) in [5.41, 5.74) is 1.76. The van der Waals surface area contributed by atoms with Crippen molar-refractivity contribution in [3.05, 3.63) is 35.4 Å². The molecule has 2 N–H and O–H groups in total. The van der Waals surface area contributed by atoms with Crippen LogP contribution < -0.4 is 10.6 Å². The number of rotatable bonds is 3. The molecule has 2 aliphatic heterocycles. The summed E-state index contributed by atoms with van der Waals surface area (Å²) in [6.45, 7) is 2.61. The summed E-state index contributed by atoms with van der Waals surface area (Å²) in [5.74, 6) is -3.20. The highest BCUT2D eigenvalue weighted by Crippen LogP contribution is 2.25. The van der Waals surface area contributed by atoms with E-state index in [0.717, 1.165) is 5.56 Å². The summed E-state index contributed by atoms with van der Waals surface area (Å²) in [6.07, 6.45) is 0.808. The molecule has 2 saturated heterocycles. The number of likely N-dealkylation sites (tertiary alicyclic amines) is 1. The van der Waals surface area contributed by atoms with E-state index in [1.165, 1.54) is 0 Å². The van der Waals surface area contributed by atoms with Gasteiger partial charge in [-0.15, -0.1) is 0 Å². The maximum atomic E-state index is 13.2. The number of piperidine rings is 1. The zero-order valence-corrected chi connectivity index (χ0v) is 14.2. The Morgan fingerprint density at radius 1 is 1.20 bits per heavy atom. The van der Waals surface area contributed by atoms with Gasteiger partial charge in [-0.1, -0.05) is 17.7 Å². The van der Waals surface area contributed by atoms with Crippen molar-refractivity contribution in [2.45, 2.75) is 44.2 Å². The number of hydrogen-bond acceptors (Lipinski definition) is 3. The third kappa shape index (κ3) is 4.34. The first-order valence-electron chi connectivity index (χ1n) is 8.62. The molecule has 1 unspecified atom stereocenters. The Labute approximate surface area is 145 Å². The van der Waals surface area contributed by atoms with Crippen molar-refractivity contribution in [3.63, 3.8) is 0 Å². The van der Waals surface area contributed by atoms with E-state index in [-0.39, 0.29) is 17.9 Å². The number of nitrogens with one attached hydrogen (secondary N) is 2. The van der Waals surface area contributed by atoms with Crippen molar-refractivity contribution in [3.8, 4) is 0 Å². The summed E-state index contributed by atoms with van der Waals surface area (Å²) >= 11 is 0. The SMILES string of the molecule is Cc1ccc(C(=O)N2CCC(NC(=O)C3CC(F)(F)CN3)CC2)cc1. The smallest absolute Gasteiger partial charge is 0.262 e. The lowest BCUT2D eigenvalue weighted by atomic mass is 10.0. The second-order valence-electron chi connectivity index (χ2n) is 6.93. The minimum absolute atomic E-state index is 0.0121. The van der Waals surface area contributed by atoms with Crippen LogP contribution in [0.25, 0.3) is 0 Å². The van der Waals surface area contributed by atoms with Gasteiger partial charge in [0, 0.05) is 31.1 Å². The van der Waals surface area contributed by atoms with Crippen LogP contribution in [0, 0.1) is 6.92 Å². The molecule has 2 amide bonds. The Kier molecular flexibility index (Phi) is 5.03. The number of benzene rings is 1.